The van der Waals surface area contributed by atoms with Crippen molar-refractivity contribution >= 4 is 26.1 Å². The van der Waals surface area contributed by atoms with Gasteiger partial charge in [0, 0.05) is 24.5 Å². The van der Waals surface area contributed by atoms with Crippen LogP contribution in [0, 0.1) is 0 Å². The van der Waals surface area contributed by atoms with Crippen molar-refractivity contribution in [1.29, 1.82) is 0 Å². The monoisotopic (exact) mass is 326 g/mol. The van der Waals surface area contributed by atoms with Gasteiger partial charge in [-0.1, -0.05) is 35.7 Å². The van der Waals surface area contributed by atoms with E-state index in [0.717, 1.165) is 43.9 Å². The van der Waals surface area contributed by atoms with Crippen molar-refractivity contribution in [1.82, 2.24) is 9.03 Å². The van der Waals surface area contributed by atoms with Gasteiger partial charge in [0.2, 0.25) is 0 Å². The van der Waals surface area contributed by atoms with E-state index in [0.29, 0.717) is 13.1 Å². The lowest BCUT2D eigenvalue weighted by Crippen LogP contribution is -2.45. The highest BCUT2D eigenvalue weighted by Crippen LogP contribution is 2.13. The number of alkyl halides is 1. The Morgan fingerprint density at radius 2 is 1.82 bits per heavy atom. The predicted octanol–water partition coefficient (Wildman–Crippen LogP) is 2.26. The molecule has 0 aromatic heterocycles. The zero-order valence-corrected chi connectivity index (χ0v) is 12.9. The SMILES string of the molecule is CCC(CCBr)NS(=O)(=O)N1CCCCCC1. The third-order valence-corrected chi connectivity index (χ3v) is 5.30. The van der Waals surface area contributed by atoms with Crippen LogP contribution in [0.1, 0.15) is 45.4 Å². The molecule has 0 radical (unpaired) electrons. The number of rotatable bonds is 6. The van der Waals surface area contributed by atoms with E-state index in [1.165, 1.54) is 0 Å². The van der Waals surface area contributed by atoms with E-state index in [2.05, 4.69) is 20.7 Å². The van der Waals surface area contributed by atoms with Gasteiger partial charge in [0.25, 0.3) is 10.2 Å². The van der Waals surface area contributed by atoms with Crippen LogP contribution < -0.4 is 4.72 Å². The molecule has 1 rings (SSSR count). The molecule has 0 aromatic rings. The summed E-state index contributed by atoms with van der Waals surface area (Å²) < 4.78 is 28.8. The topological polar surface area (TPSA) is 49.4 Å². The predicted molar refractivity (Wildman–Crippen MR) is 74.6 cm³/mol. The molecule has 4 nitrogen and oxygen atoms in total. The average Bonchev–Trinajstić information content (AvgIpc) is 2.57. The van der Waals surface area contributed by atoms with Gasteiger partial charge in [0.1, 0.15) is 0 Å². The summed E-state index contributed by atoms with van der Waals surface area (Å²) in [6.45, 7) is 3.35. The van der Waals surface area contributed by atoms with Crippen LogP contribution in [0.4, 0.5) is 0 Å². The fourth-order valence-corrected chi connectivity index (χ4v) is 4.19. The lowest BCUT2D eigenvalue weighted by Gasteiger charge is -2.24. The van der Waals surface area contributed by atoms with Crippen LogP contribution in [0.15, 0.2) is 0 Å². The second kappa shape index (κ2) is 7.71. The van der Waals surface area contributed by atoms with Crippen molar-refractivity contribution in [2.24, 2.45) is 0 Å². The highest BCUT2D eigenvalue weighted by molar-refractivity contribution is 9.09. The van der Waals surface area contributed by atoms with Crippen molar-refractivity contribution in [2.45, 2.75) is 51.5 Å². The van der Waals surface area contributed by atoms with Gasteiger partial charge in [0.05, 0.1) is 0 Å². The summed E-state index contributed by atoms with van der Waals surface area (Å²) in [6.07, 6.45) is 5.92. The van der Waals surface area contributed by atoms with E-state index in [-0.39, 0.29) is 6.04 Å². The van der Waals surface area contributed by atoms with Crippen LogP contribution in [0.2, 0.25) is 0 Å². The molecule has 1 heterocycles. The molecular weight excluding hydrogens is 304 g/mol. The summed E-state index contributed by atoms with van der Waals surface area (Å²) >= 11 is 3.36. The van der Waals surface area contributed by atoms with Gasteiger partial charge in [-0.3, -0.25) is 0 Å². The highest BCUT2D eigenvalue weighted by Gasteiger charge is 2.24. The summed E-state index contributed by atoms with van der Waals surface area (Å²) in [4.78, 5) is 0. The van der Waals surface area contributed by atoms with E-state index >= 15 is 0 Å². The third-order valence-electron chi connectivity index (χ3n) is 3.17. The zero-order valence-electron chi connectivity index (χ0n) is 10.5. The van der Waals surface area contributed by atoms with Crippen molar-refractivity contribution in [2.75, 3.05) is 18.4 Å². The fourth-order valence-electron chi connectivity index (χ4n) is 2.05. The van der Waals surface area contributed by atoms with Gasteiger partial charge in [-0.05, 0) is 25.7 Å². The minimum absolute atomic E-state index is 0.0441. The van der Waals surface area contributed by atoms with Crippen molar-refractivity contribution in [3.8, 4) is 0 Å². The Morgan fingerprint density at radius 3 is 2.29 bits per heavy atom. The minimum atomic E-state index is -3.28. The van der Waals surface area contributed by atoms with E-state index in [9.17, 15) is 8.42 Å². The van der Waals surface area contributed by atoms with Crippen LogP contribution in [-0.4, -0.2) is 37.2 Å². The number of halogens is 1. The molecule has 0 amide bonds. The van der Waals surface area contributed by atoms with Crippen LogP contribution in [-0.2, 0) is 10.2 Å². The van der Waals surface area contributed by atoms with Gasteiger partial charge in [0.15, 0.2) is 0 Å². The van der Waals surface area contributed by atoms with E-state index in [1.807, 2.05) is 6.92 Å². The first kappa shape index (κ1) is 15.4. The molecule has 0 aliphatic carbocycles. The number of nitrogens with zero attached hydrogens (tertiary/aromatic N) is 1. The maximum absolute atomic E-state index is 12.2. The summed E-state index contributed by atoms with van der Waals surface area (Å²) in [5, 5.41) is 0.827. The highest BCUT2D eigenvalue weighted by atomic mass is 79.9. The first-order valence-corrected chi connectivity index (χ1v) is 8.99. The smallest absolute Gasteiger partial charge is 0.199 e. The van der Waals surface area contributed by atoms with Gasteiger partial charge in [-0.2, -0.15) is 17.4 Å². The Balaban J connectivity index is 2.58. The molecule has 0 spiro atoms. The van der Waals surface area contributed by atoms with Gasteiger partial charge in [-0.25, -0.2) is 0 Å². The Labute approximate surface area is 113 Å². The molecule has 17 heavy (non-hydrogen) atoms. The summed E-state index contributed by atoms with van der Waals surface area (Å²) in [5.74, 6) is 0. The molecule has 1 N–H and O–H groups in total. The van der Waals surface area contributed by atoms with Gasteiger partial charge < -0.3 is 0 Å². The minimum Gasteiger partial charge on any atom is -0.199 e. The Hall–Kier alpha value is 0.350. The first-order valence-electron chi connectivity index (χ1n) is 6.43. The maximum atomic E-state index is 12.2. The molecule has 0 bridgehead atoms. The second-order valence-corrected chi connectivity index (χ2v) is 7.01. The normalized spacial score (nSPS) is 21.1. The molecule has 1 aliphatic rings. The zero-order chi connectivity index (χ0) is 12.7. The molecule has 1 saturated heterocycles. The van der Waals surface area contributed by atoms with Gasteiger partial charge in [-0.15, -0.1) is 0 Å². The number of hydrogen-bond acceptors (Lipinski definition) is 2. The lowest BCUT2D eigenvalue weighted by atomic mass is 10.2. The Kier molecular flexibility index (Phi) is 6.99. The van der Waals surface area contributed by atoms with Crippen LogP contribution in [0.5, 0.6) is 0 Å². The standard InChI is InChI=1S/C11H23BrN2O2S/c1-2-11(7-8-12)13-17(15,16)14-9-5-3-4-6-10-14/h11,13H,2-10H2,1H3. The molecule has 6 heteroatoms. The quantitative estimate of drug-likeness (QED) is 0.761. The van der Waals surface area contributed by atoms with Crippen molar-refractivity contribution < 1.29 is 8.42 Å². The summed E-state index contributed by atoms with van der Waals surface area (Å²) in [7, 11) is -3.28. The first-order chi connectivity index (χ1) is 8.10. The molecule has 0 aromatic carbocycles. The number of hydrogen-bond donors (Lipinski definition) is 1. The molecule has 1 aliphatic heterocycles. The Morgan fingerprint density at radius 1 is 1.24 bits per heavy atom. The molecule has 0 saturated carbocycles. The van der Waals surface area contributed by atoms with E-state index in [1.54, 1.807) is 4.31 Å². The second-order valence-electron chi connectivity index (χ2n) is 4.52. The summed E-state index contributed by atoms with van der Waals surface area (Å²) in [5.41, 5.74) is 0. The Bertz CT molecular complexity index is 301. The van der Waals surface area contributed by atoms with E-state index < -0.39 is 10.2 Å². The van der Waals surface area contributed by atoms with Crippen LogP contribution in [0.25, 0.3) is 0 Å². The fraction of sp³-hybridized carbons (Fsp3) is 1.00. The van der Waals surface area contributed by atoms with Crippen molar-refractivity contribution in [3.05, 3.63) is 0 Å². The molecule has 1 fully saturated rings. The van der Waals surface area contributed by atoms with E-state index in [4.69, 9.17) is 0 Å². The van der Waals surface area contributed by atoms with Crippen LogP contribution in [0.3, 0.4) is 0 Å². The average molecular weight is 327 g/mol. The molecule has 1 unspecified atom stereocenters. The third kappa shape index (κ3) is 5.24. The molecule has 1 atom stereocenters. The molecular formula is C11H23BrN2O2S. The van der Waals surface area contributed by atoms with Gasteiger partial charge >= 0.3 is 0 Å². The maximum Gasteiger partial charge on any atom is 0.279 e. The largest absolute Gasteiger partial charge is 0.279 e. The van der Waals surface area contributed by atoms with Crippen molar-refractivity contribution in [3.63, 3.8) is 0 Å². The molecule has 102 valence electrons. The number of nitrogens with one attached hydrogen (secondary N) is 1. The lowest BCUT2D eigenvalue weighted by molar-refractivity contribution is 0.404. The summed E-state index contributed by atoms with van der Waals surface area (Å²) in [6, 6.07) is 0.0441. The van der Waals surface area contributed by atoms with Crippen LogP contribution >= 0.6 is 15.9 Å².